The predicted octanol–water partition coefficient (Wildman–Crippen LogP) is 5.06. The zero-order chi connectivity index (χ0) is 13.6. The van der Waals surface area contributed by atoms with Crippen molar-refractivity contribution in [3.8, 4) is 0 Å². The molecule has 0 aliphatic heterocycles. The molecule has 16 heavy (non-hydrogen) atoms. The molecule has 102 valence electrons. The van der Waals surface area contributed by atoms with Gasteiger partial charge in [0.25, 0.3) is 0 Å². The zero-order valence-electron chi connectivity index (χ0n) is 13.4. The van der Waals surface area contributed by atoms with Crippen LogP contribution < -0.4 is 0 Å². The second kappa shape index (κ2) is 17.4. The van der Waals surface area contributed by atoms with E-state index in [1.807, 2.05) is 41.5 Å². The van der Waals surface area contributed by atoms with E-state index in [1.165, 1.54) is 25.9 Å². The first kappa shape index (κ1) is 21.3. The average molecular weight is 231 g/mol. The van der Waals surface area contributed by atoms with E-state index in [2.05, 4.69) is 25.8 Å². The molecule has 1 fully saturated rings. The van der Waals surface area contributed by atoms with Crippen LogP contribution in [0.25, 0.3) is 0 Å². The van der Waals surface area contributed by atoms with Crippen molar-refractivity contribution in [3.05, 3.63) is 0 Å². The van der Waals surface area contributed by atoms with Gasteiger partial charge in [0, 0.05) is 6.54 Å². The monoisotopic (exact) mass is 231 g/mol. The maximum Gasteiger partial charge on any atom is 0.000669 e. The van der Waals surface area contributed by atoms with Gasteiger partial charge in [-0.15, -0.1) is 0 Å². The van der Waals surface area contributed by atoms with E-state index in [1.54, 1.807) is 0 Å². The van der Waals surface area contributed by atoms with Crippen LogP contribution >= 0.6 is 0 Å². The van der Waals surface area contributed by atoms with Crippen LogP contribution in [0.15, 0.2) is 0 Å². The molecule has 1 aliphatic carbocycles. The highest BCUT2D eigenvalue weighted by Gasteiger charge is 2.25. The van der Waals surface area contributed by atoms with Gasteiger partial charge >= 0.3 is 0 Å². The van der Waals surface area contributed by atoms with Gasteiger partial charge in [-0.3, -0.25) is 0 Å². The van der Waals surface area contributed by atoms with Gasteiger partial charge in [-0.25, -0.2) is 0 Å². The van der Waals surface area contributed by atoms with Crippen LogP contribution in [0.3, 0.4) is 0 Å². The van der Waals surface area contributed by atoms with Crippen LogP contribution in [-0.2, 0) is 0 Å². The smallest absolute Gasteiger partial charge is 0.000669 e. The molecular formula is C15H37N. The Labute approximate surface area is 106 Å². The van der Waals surface area contributed by atoms with Crippen molar-refractivity contribution in [1.29, 1.82) is 0 Å². The van der Waals surface area contributed by atoms with E-state index in [9.17, 15) is 0 Å². The molecule has 0 amide bonds. The normalized spacial score (nSPS) is 21.4. The summed E-state index contributed by atoms with van der Waals surface area (Å²) in [6.45, 7) is 19.1. The molecule has 0 N–H and O–H groups in total. The molecule has 1 saturated carbocycles. The molecule has 1 aliphatic rings. The molecule has 0 aromatic heterocycles. The molecule has 1 heteroatoms. The van der Waals surface area contributed by atoms with E-state index in [0.717, 1.165) is 11.8 Å². The van der Waals surface area contributed by atoms with Gasteiger partial charge in [0.1, 0.15) is 0 Å². The first-order chi connectivity index (χ1) is 7.72. The lowest BCUT2D eigenvalue weighted by Gasteiger charge is -2.35. The Morgan fingerprint density at radius 3 is 1.56 bits per heavy atom. The van der Waals surface area contributed by atoms with Crippen molar-refractivity contribution in [2.75, 3.05) is 20.1 Å². The summed E-state index contributed by atoms with van der Waals surface area (Å²) < 4.78 is 0. The van der Waals surface area contributed by atoms with Gasteiger partial charge in [0.15, 0.2) is 0 Å². The van der Waals surface area contributed by atoms with Gasteiger partial charge in [-0.05, 0) is 38.3 Å². The summed E-state index contributed by atoms with van der Waals surface area (Å²) in [5, 5.41) is 0. The molecule has 1 rings (SSSR count). The van der Waals surface area contributed by atoms with Gasteiger partial charge in [-0.2, -0.15) is 0 Å². The van der Waals surface area contributed by atoms with Crippen molar-refractivity contribution in [2.24, 2.45) is 11.8 Å². The summed E-state index contributed by atoms with van der Waals surface area (Å²) in [6, 6.07) is 0. The van der Waals surface area contributed by atoms with E-state index < -0.39 is 0 Å². The third-order valence-electron chi connectivity index (χ3n) is 2.58. The van der Waals surface area contributed by atoms with Crippen molar-refractivity contribution in [1.82, 2.24) is 4.90 Å². The molecule has 0 bridgehead atoms. The molecule has 0 aromatic rings. The molecule has 0 unspecified atom stereocenters. The minimum Gasteiger partial charge on any atom is -0.306 e. The van der Waals surface area contributed by atoms with Gasteiger partial charge < -0.3 is 4.90 Å². The Bertz CT molecular complexity index is 95.6. The highest BCUT2D eigenvalue weighted by Crippen LogP contribution is 2.33. The molecule has 0 atom stereocenters. The van der Waals surface area contributed by atoms with Gasteiger partial charge in [0.05, 0.1) is 0 Å². The van der Waals surface area contributed by atoms with Gasteiger partial charge in [-0.1, -0.05) is 55.4 Å². The third-order valence-corrected chi connectivity index (χ3v) is 2.58. The molecular weight excluding hydrogens is 194 g/mol. The first-order valence-corrected chi connectivity index (χ1v) is 7.41. The van der Waals surface area contributed by atoms with Crippen molar-refractivity contribution in [2.45, 2.75) is 68.2 Å². The predicted molar refractivity (Wildman–Crippen MR) is 79.1 cm³/mol. The lowest BCUT2D eigenvalue weighted by Crippen LogP contribution is -2.33. The molecule has 0 aromatic carbocycles. The van der Waals surface area contributed by atoms with Crippen LogP contribution in [0.1, 0.15) is 68.2 Å². The number of hydrogen-bond donors (Lipinski definition) is 0. The van der Waals surface area contributed by atoms with E-state index >= 15 is 0 Å². The fourth-order valence-electron chi connectivity index (χ4n) is 1.79. The van der Waals surface area contributed by atoms with Crippen LogP contribution in [0.5, 0.6) is 0 Å². The lowest BCUT2D eigenvalue weighted by molar-refractivity contribution is 0.154. The number of nitrogens with zero attached hydrogens (tertiary/aromatic N) is 1. The maximum absolute atomic E-state index is 2.41. The summed E-state index contributed by atoms with van der Waals surface area (Å²) >= 11 is 0. The topological polar surface area (TPSA) is 3.24 Å². The number of hydrogen-bond acceptors (Lipinski definition) is 1. The molecule has 1 nitrogen and oxygen atoms in total. The van der Waals surface area contributed by atoms with Crippen molar-refractivity contribution < 1.29 is 0 Å². The SMILES string of the molecule is CC.CC.CC.CCN(C)CC1CC(C)C1. The minimum absolute atomic E-state index is 1.01. The highest BCUT2D eigenvalue weighted by molar-refractivity contribution is 4.77. The Hall–Kier alpha value is -0.0400. The second-order valence-corrected chi connectivity index (χ2v) is 3.80. The van der Waals surface area contributed by atoms with Crippen LogP contribution in [0.4, 0.5) is 0 Å². The highest BCUT2D eigenvalue weighted by atomic mass is 15.1. The Morgan fingerprint density at radius 2 is 1.31 bits per heavy atom. The largest absolute Gasteiger partial charge is 0.306 e. The van der Waals surface area contributed by atoms with Crippen LogP contribution in [0.2, 0.25) is 0 Å². The lowest BCUT2D eigenvalue weighted by atomic mass is 9.76. The standard InChI is InChI=1S/C9H19N.3C2H6/c1-4-10(3)7-9-5-8(2)6-9;3*1-2/h8-9H,4-7H2,1-3H3;3*1-2H3. The van der Waals surface area contributed by atoms with Crippen molar-refractivity contribution in [3.63, 3.8) is 0 Å². The molecule has 0 saturated heterocycles. The summed E-state index contributed by atoms with van der Waals surface area (Å²) in [7, 11) is 2.21. The first-order valence-electron chi connectivity index (χ1n) is 7.41. The van der Waals surface area contributed by atoms with E-state index in [0.29, 0.717) is 0 Å². The second-order valence-electron chi connectivity index (χ2n) is 3.80. The van der Waals surface area contributed by atoms with E-state index in [4.69, 9.17) is 0 Å². The fourth-order valence-corrected chi connectivity index (χ4v) is 1.79. The molecule has 0 radical (unpaired) electrons. The summed E-state index contributed by atoms with van der Waals surface area (Å²) in [5.41, 5.74) is 0. The minimum atomic E-state index is 1.01. The van der Waals surface area contributed by atoms with Crippen LogP contribution in [0, 0.1) is 11.8 Å². The Kier molecular flexibility index (Phi) is 23.1. The summed E-state index contributed by atoms with van der Waals surface area (Å²) in [6.07, 6.45) is 2.93. The average Bonchev–Trinajstić information content (AvgIpc) is 2.34. The van der Waals surface area contributed by atoms with Gasteiger partial charge in [0.2, 0.25) is 0 Å². The summed E-state index contributed by atoms with van der Waals surface area (Å²) in [5.74, 6) is 2.02. The Morgan fingerprint density at radius 1 is 0.938 bits per heavy atom. The zero-order valence-corrected chi connectivity index (χ0v) is 13.4. The fraction of sp³-hybridized carbons (Fsp3) is 1.00. The van der Waals surface area contributed by atoms with Crippen LogP contribution in [-0.4, -0.2) is 25.0 Å². The van der Waals surface area contributed by atoms with Crippen molar-refractivity contribution >= 4 is 0 Å². The quantitative estimate of drug-likeness (QED) is 0.656. The molecule has 0 heterocycles. The molecule has 0 spiro atoms. The van der Waals surface area contributed by atoms with E-state index in [-0.39, 0.29) is 0 Å². The maximum atomic E-state index is 2.41. The Balaban J connectivity index is -0.000000245. The summed E-state index contributed by atoms with van der Waals surface area (Å²) in [4.78, 5) is 2.41. The third kappa shape index (κ3) is 12.0. The number of rotatable bonds is 3.